The molecule has 0 fully saturated rings. The first kappa shape index (κ1) is 37.6. The standard InChI is InChI=1S/C61H37N3O2/c1-4-16-38(17-5-1)44-36-51(55(40-18-6-2-7-19-40)52(37-44)49-28-14-27-48-46-25-12-22-41-23-13-31-54(56(41)46)66-57(48)49)39-32-34-43(35-33-39)60-62-59(42-20-8-3-9-21-42)63-61(64-60)50-29-15-26-47-45-24-10-11-30-53(45)65-58(47)50/h1-37H. The lowest BCUT2D eigenvalue weighted by Crippen LogP contribution is -2.01. The molecule has 0 bridgehead atoms. The fourth-order valence-electron chi connectivity index (χ4n) is 9.66. The second kappa shape index (κ2) is 15.4. The fourth-order valence-corrected chi connectivity index (χ4v) is 9.66. The van der Waals surface area contributed by atoms with Crippen molar-refractivity contribution in [2.75, 3.05) is 0 Å². The van der Waals surface area contributed by atoms with Gasteiger partial charge in [-0.2, -0.15) is 0 Å². The van der Waals surface area contributed by atoms with Gasteiger partial charge in [-0.15, -0.1) is 0 Å². The smallest absolute Gasteiger partial charge is 0.167 e. The van der Waals surface area contributed by atoms with Crippen molar-refractivity contribution in [3.63, 3.8) is 0 Å². The lowest BCUT2D eigenvalue weighted by atomic mass is 9.83. The summed E-state index contributed by atoms with van der Waals surface area (Å²) in [4.78, 5) is 15.3. The molecule has 0 saturated heterocycles. The minimum Gasteiger partial charge on any atom is -0.455 e. The average molecular weight is 844 g/mol. The number of nitrogens with zero attached hydrogens (tertiary/aromatic N) is 3. The second-order valence-electron chi connectivity index (χ2n) is 16.7. The Morgan fingerprint density at radius 2 is 0.848 bits per heavy atom. The summed E-state index contributed by atoms with van der Waals surface area (Å²) in [5.41, 5.74) is 15.1. The molecule has 5 nitrogen and oxygen atoms in total. The normalized spacial score (nSPS) is 11.8. The Balaban J connectivity index is 1.00. The quantitative estimate of drug-likeness (QED) is 0.160. The number of aromatic nitrogens is 3. The van der Waals surface area contributed by atoms with Gasteiger partial charge in [-0.05, 0) is 80.2 Å². The molecule has 0 amide bonds. The summed E-state index contributed by atoms with van der Waals surface area (Å²) in [6.45, 7) is 0. The van der Waals surface area contributed by atoms with E-state index >= 15 is 0 Å². The van der Waals surface area contributed by atoms with Crippen LogP contribution in [0.4, 0.5) is 0 Å². The summed E-state index contributed by atoms with van der Waals surface area (Å²) < 4.78 is 13.5. The summed E-state index contributed by atoms with van der Waals surface area (Å²) in [7, 11) is 0. The third kappa shape index (κ3) is 6.28. The van der Waals surface area contributed by atoms with Crippen molar-refractivity contribution in [2.45, 2.75) is 0 Å². The molecule has 10 aromatic carbocycles. The van der Waals surface area contributed by atoms with Crippen LogP contribution in [0.25, 0.3) is 123 Å². The van der Waals surface area contributed by atoms with Gasteiger partial charge in [0.25, 0.3) is 0 Å². The van der Waals surface area contributed by atoms with Gasteiger partial charge in [-0.1, -0.05) is 194 Å². The van der Waals surface area contributed by atoms with Gasteiger partial charge < -0.3 is 9.15 Å². The van der Waals surface area contributed by atoms with Crippen LogP contribution in [0.3, 0.4) is 0 Å². The van der Waals surface area contributed by atoms with E-state index in [0.717, 1.165) is 111 Å². The lowest BCUT2D eigenvalue weighted by molar-refractivity contribution is 0.489. The topological polar surface area (TPSA) is 61.0 Å². The van der Waals surface area contributed by atoms with Crippen molar-refractivity contribution in [1.82, 2.24) is 15.0 Å². The summed E-state index contributed by atoms with van der Waals surface area (Å²) in [5.74, 6) is 3.43. The van der Waals surface area contributed by atoms with Crippen molar-refractivity contribution < 1.29 is 9.15 Å². The SMILES string of the molecule is c1ccc(-c2cc(-c3ccc(-c4nc(-c5ccccc5)nc(-c5cccc6c5oc5ccccc56)n4)cc3)c(-c3ccccc3)c(-c3cccc4c3Oc3cccc5cccc-4c35)c2)cc1. The zero-order valence-electron chi connectivity index (χ0n) is 35.5. The minimum atomic E-state index is 0.548. The molecule has 2 aromatic heterocycles. The molecule has 12 aromatic rings. The monoisotopic (exact) mass is 843 g/mol. The van der Waals surface area contributed by atoms with E-state index in [-0.39, 0.29) is 0 Å². The van der Waals surface area contributed by atoms with E-state index < -0.39 is 0 Å². The molecule has 1 aliphatic rings. The predicted octanol–water partition coefficient (Wildman–Crippen LogP) is 16.4. The molecular weight excluding hydrogens is 807 g/mol. The third-order valence-corrected chi connectivity index (χ3v) is 12.7. The molecule has 0 unspecified atom stereocenters. The number of ether oxygens (including phenoxy) is 1. The minimum absolute atomic E-state index is 0.548. The van der Waals surface area contributed by atoms with Crippen molar-refractivity contribution >= 4 is 32.7 Å². The molecule has 0 saturated carbocycles. The summed E-state index contributed by atoms with van der Waals surface area (Å²) in [6.07, 6.45) is 0. The molecule has 0 radical (unpaired) electrons. The van der Waals surface area contributed by atoms with E-state index in [4.69, 9.17) is 24.1 Å². The molecule has 0 aliphatic carbocycles. The average Bonchev–Trinajstić information content (AvgIpc) is 3.78. The Bertz CT molecular complexity index is 3820. The molecule has 3 heterocycles. The van der Waals surface area contributed by atoms with Crippen LogP contribution in [0.1, 0.15) is 0 Å². The molecule has 1 aliphatic heterocycles. The molecule has 0 spiro atoms. The number of fused-ring (bicyclic) bond motifs is 5. The van der Waals surface area contributed by atoms with Gasteiger partial charge >= 0.3 is 0 Å². The highest BCUT2D eigenvalue weighted by Crippen LogP contribution is 2.53. The Labute approximate surface area is 380 Å². The van der Waals surface area contributed by atoms with Crippen LogP contribution in [0.5, 0.6) is 11.5 Å². The largest absolute Gasteiger partial charge is 0.455 e. The number of benzene rings is 10. The first-order chi connectivity index (χ1) is 32.7. The molecular formula is C61H37N3O2. The molecule has 0 atom stereocenters. The first-order valence-electron chi connectivity index (χ1n) is 22.2. The highest BCUT2D eigenvalue weighted by atomic mass is 16.5. The fraction of sp³-hybridized carbons (Fsp3) is 0. The summed E-state index contributed by atoms with van der Waals surface area (Å²) >= 11 is 0. The number of para-hydroxylation sites is 3. The summed E-state index contributed by atoms with van der Waals surface area (Å²) in [5, 5.41) is 4.38. The van der Waals surface area contributed by atoms with E-state index in [1.165, 1.54) is 5.56 Å². The van der Waals surface area contributed by atoms with E-state index in [1.54, 1.807) is 0 Å². The highest BCUT2D eigenvalue weighted by molar-refractivity contribution is 6.10. The van der Waals surface area contributed by atoms with Crippen LogP contribution in [-0.2, 0) is 0 Å². The van der Waals surface area contributed by atoms with Gasteiger partial charge in [-0.25, -0.2) is 15.0 Å². The van der Waals surface area contributed by atoms with Crippen LogP contribution < -0.4 is 4.74 Å². The van der Waals surface area contributed by atoms with Crippen molar-refractivity contribution in [2.24, 2.45) is 0 Å². The Morgan fingerprint density at radius 3 is 1.61 bits per heavy atom. The molecule has 66 heavy (non-hydrogen) atoms. The van der Waals surface area contributed by atoms with E-state index in [0.29, 0.717) is 17.5 Å². The first-order valence-corrected chi connectivity index (χ1v) is 22.2. The van der Waals surface area contributed by atoms with Gasteiger partial charge in [0.15, 0.2) is 17.5 Å². The van der Waals surface area contributed by atoms with Gasteiger partial charge in [-0.3, -0.25) is 0 Å². The number of furan rings is 1. The van der Waals surface area contributed by atoms with Crippen molar-refractivity contribution in [1.29, 1.82) is 0 Å². The van der Waals surface area contributed by atoms with Crippen LogP contribution >= 0.6 is 0 Å². The van der Waals surface area contributed by atoms with Gasteiger partial charge in [0, 0.05) is 38.4 Å². The number of hydrogen-bond acceptors (Lipinski definition) is 5. The maximum atomic E-state index is 6.98. The molecule has 5 heteroatoms. The van der Waals surface area contributed by atoms with Crippen LogP contribution in [0, 0.1) is 0 Å². The van der Waals surface area contributed by atoms with Crippen molar-refractivity contribution in [3.05, 3.63) is 224 Å². The predicted molar refractivity (Wildman–Crippen MR) is 268 cm³/mol. The van der Waals surface area contributed by atoms with E-state index in [1.807, 2.05) is 60.7 Å². The van der Waals surface area contributed by atoms with Crippen LogP contribution in [-0.4, -0.2) is 15.0 Å². The van der Waals surface area contributed by atoms with Gasteiger partial charge in [0.05, 0.1) is 5.56 Å². The number of rotatable bonds is 7. The second-order valence-corrected chi connectivity index (χ2v) is 16.7. The lowest BCUT2D eigenvalue weighted by Gasteiger charge is -2.25. The van der Waals surface area contributed by atoms with Gasteiger partial charge in [0.1, 0.15) is 22.7 Å². The van der Waals surface area contributed by atoms with Crippen LogP contribution in [0.2, 0.25) is 0 Å². The number of hydrogen-bond donors (Lipinski definition) is 0. The van der Waals surface area contributed by atoms with Crippen LogP contribution in [0.15, 0.2) is 229 Å². The zero-order valence-corrected chi connectivity index (χ0v) is 35.5. The highest BCUT2D eigenvalue weighted by Gasteiger charge is 2.26. The zero-order chi connectivity index (χ0) is 43.6. The maximum absolute atomic E-state index is 6.98. The summed E-state index contributed by atoms with van der Waals surface area (Å²) in [6, 6.07) is 78.3. The molecule has 0 N–H and O–H groups in total. The Kier molecular flexibility index (Phi) is 8.78. The van der Waals surface area contributed by atoms with Gasteiger partial charge in [0.2, 0.25) is 0 Å². The Hall–Kier alpha value is -8.93. The van der Waals surface area contributed by atoms with Crippen molar-refractivity contribution in [3.8, 4) is 101 Å². The molecule has 13 rings (SSSR count). The Morgan fingerprint density at radius 1 is 0.318 bits per heavy atom. The van der Waals surface area contributed by atoms with E-state index in [9.17, 15) is 0 Å². The van der Waals surface area contributed by atoms with E-state index in [2.05, 4.69) is 164 Å². The third-order valence-electron chi connectivity index (χ3n) is 12.7. The molecule has 308 valence electrons. The maximum Gasteiger partial charge on any atom is 0.167 e.